The monoisotopic (exact) mass is 262 g/mol. The molecule has 18 heavy (non-hydrogen) atoms. The molecule has 4 atom stereocenters. The molecule has 1 aliphatic heterocycles. The number of rotatable bonds is 2. The summed E-state index contributed by atoms with van der Waals surface area (Å²) in [7, 11) is 0. The van der Waals surface area contributed by atoms with Gasteiger partial charge in [-0.25, -0.2) is 13.6 Å². The van der Waals surface area contributed by atoms with Crippen LogP contribution in [0.5, 0.6) is 0 Å². The fourth-order valence-corrected chi connectivity index (χ4v) is 1.83. The van der Waals surface area contributed by atoms with Gasteiger partial charge in [-0.1, -0.05) is 0 Å². The lowest BCUT2D eigenvalue weighted by Gasteiger charge is -2.15. The summed E-state index contributed by atoms with van der Waals surface area (Å²) in [4.78, 5) is 24.6. The summed E-state index contributed by atoms with van der Waals surface area (Å²) in [6.07, 6.45) is -5.79. The molecule has 0 bridgehead atoms. The molecule has 2 rings (SSSR count). The van der Waals surface area contributed by atoms with E-state index < -0.39 is 42.5 Å². The molecule has 2 N–H and O–H groups in total. The second-order valence-corrected chi connectivity index (χ2v) is 4.12. The number of H-pyrrole nitrogens is 1. The normalized spacial score (nSPS) is 31.8. The molecule has 0 aliphatic carbocycles. The molecular formula is C10H12F2N2O4. The number of hydrogen-bond donors (Lipinski definition) is 2. The highest BCUT2D eigenvalue weighted by Crippen LogP contribution is 2.32. The molecular weight excluding hydrogens is 250 g/mol. The Balaban J connectivity index is 2.42. The van der Waals surface area contributed by atoms with Crippen molar-refractivity contribution in [2.24, 2.45) is 0 Å². The number of ether oxygens (including phenoxy) is 1. The van der Waals surface area contributed by atoms with E-state index in [1.54, 1.807) is 0 Å². The number of aryl methyl sites for hydroxylation is 1. The molecule has 2 heterocycles. The molecule has 0 spiro atoms. The van der Waals surface area contributed by atoms with E-state index in [1.165, 1.54) is 6.92 Å². The first kappa shape index (κ1) is 12.9. The van der Waals surface area contributed by atoms with Crippen molar-refractivity contribution in [1.82, 2.24) is 9.55 Å². The van der Waals surface area contributed by atoms with Crippen molar-refractivity contribution in [3.8, 4) is 0 Å². The van der Waals surface area contributed by atoms with Gasteiger partial charge in [0.2, 0.25) is 0 Å². The second-order valence-electron chi connectivity index (χ2n) is 4.12. The van der Waals surface area contributed by atoms with E-state index in [2.05, 4.69) is 0 Å². The summed E-state index contributed by atoms with van der Waals surface area (Å²) in [6, 6.07) is 0. The van der Waals surface area contributed by atoms with E-state index in [4.69, 9.17) is 9.84 Å². The molecule has 1 saturated heterocycles. The van der Waals surface area contributed by atoms with Crippen LogP contribution in [-0.4, -0.2) is 39.7 Å². The first-order valence-corrected chi connectivity index (χ1v) is 5.32. The van der Waals surface area contributed by atoms with Crippen LogP contribution in [0.2, 0.25) is 0 Å². The van der Waals surface area contributed by atoms with Gasteiger partial charge in [0, 0.05) is 11.8 Å². The van der Waals surface area contributed by atoms with Gasteiger partial charge in [0.25, 0.3) is 5.56 Å². The van der Waals surface area contributed by atoms with Gasteiger partial charge in [0.1, 0.15) is 6.10 Å². The van der Waals surface area contributed by atoms with Crippen LogP contribution in [-0.2, 0) is 4.74 Å². The molecule has 2 unspecified atom stereocenters. The highest BCUT2D eigenvalue weighted by atomic mass is 19.2. The Hall–Kier alpha value is -1.54. The van der Waals surface area contributed by atoms with Crippen molar-refractivity contribution in [3.63, 3.8) is 0 Å². The molecule has 0 aromatic carbocycles. The van der Waals surface area contributed by atoms with Crippen molar-refractivity contribution < 1.29 is 18.6 Å². The van der Waals surface area contributed by atoms with E-state index in [0.29, 0.717) is 0 Å². The molecule has 1 aromatic rings. The lowest BCUT2D eigenvalue weighted by atomic mass is 10.2. The zero-order valence-electron chi connectivity index (χ0n) is 9.47. The van der Waals surface area contributed by atoms with Crippen molar-refractivity contribution in [3.05, 3.63) is 32.6 Å². The minimum Gasteiger partial charge on any atom is -0.394 e. The average Bonchev–Trinajstić information content (AvgIpc) is 2.61. The number of nitrogens with one attached hydrogen (secondary N) is 1. The van der Waals surface area contributed by atoms with Gasteiger partial charge in [-0.2, -0.15) is 0 Å². The third kappa shape index (κ3) is 1.97. The highest BCUT2D eigenvalue weighted by Gasteiger charge is 2.46. The summed E-state index contributed by atoms with van der Waals surface area (Å²) >= 11 is 0. The van der Waals surface area contributed by atoms with Crippen LogP contribution in [0, 0.1) is 6.92 Å². The summed E-state index contributed by atoms with van der Waals surface area (Å²) in [5.41, 5.74) is -1.31. The number of aliphatic hydroxyl groups excluding tert-OH is 1. The van der Waals surface area contributed by atoms with Crippen LogP contribution >= 0.6 is 0 Å². The molecule has 8 heteroatoms. The molecule has 100 valence electrons. The second kappa shape index (κ2) is 4.62. The quantitative estimate of drug-likeness (QED) is 0.746. The molecule has 1 aromatic heterocycles. The van der Waals surface area contributed by atoms with Crippen LogP contribution in [0.1, 0.15) is 11.8 Å². The number of aromatic amines is 1. The van der Waals surface area contributed by atoms with Gasteiger partial charge in [0.05, 0.1) is 6.61 Å². The lowest BCUT2D eigenvalue weighted by Crippen LogP contribution is -2.36. The molecule has 0 amide bonds. The van der Waals surface area contributed by atoms with Gasteiger partial charge in [-0.05, 0) is 6.92 Å². The van der Waals surface area contributed by atoms with Gasteiger partial charge in [-0.15, -0.1) is 0 Å². The molecule has 6 nitrogen and oxygen atoms in total. The minimum absolute atomic E-state index is 0.174. The Morgan fingerprint density at radius 2 is 2.11 bits per heavy atom. The van der Waals surface area contributed by atoms with E-state index in [0.717, 1.165) is 10.8 Å². The summed E-state index contributed by atoms with van der Waals surface area (Å²) in [5.74, 6) is 0. The maximum atomic E-state index is 13.7. The van der Waals surface area contributed by atoms with Gasteiger partial charge >= 0.3 is 5.69 Å². The van der Waals surface area contributed by atoms with Crippen LogP contribution in [0.3, 0.4) is 0 Å². The fourth-order valence-electron chi connectivity index (χ4n) is 1.83. The smallest absolute Gasteiger partial charge is 0.330 e. The largest absolute Gasteiger partial charge is 0.394 e. The third-order valence-corrected chi connectivity index (χ3v) is 2.85. The molecule has 0 radical (unpaired) electrons. The van der Waals surface area contributed by atoms with Crippen molar-refractivity contribution in [2.45, 2.75) is 31.6 Å². The Morgan fingerprint density at radius 3 is 2.67 bits per heavy atom. The number of nitrogens with zero attached hydrogens (tertiary/aromatic N) is 1. The number of halogens is 2. The van der Waals surface area contributed by atoms with E-state index in [9.17, 15) is 18.4 Å². The number of hydrogen-bond acceptors (Lipinski definition) is 4. The number of aromatic nitrogens is 2. The fraction of sp³-hybridized carbons (Fsp3) is 0.600. The predicted octanol–water partition coefficient (Wildman–Crippen LogP) is -0.589. The van der Waals surface area contributed by atoms with E-state index in [-0.39, 0.29) is 5.56 Å². The number of alkyl halides is 2. The Morgan fingerprint density at radius 1 is 1.44 bits per heavy atom. The summed E-state index contributed by atoms with van der Waals surface area (Å²) < 4.78 is 32.8. The van der Waals surface area contributed by atoms with E-state index >= 15 is 0 Å². The predicted molar refractivity (Wildman–Crippen MR) is 56.8 cm³/mol. The van der Waals surface area contributed by atoms with Crippen molar-refractivity contribution in [2.75, 3.05) is 6.61 Å². The zero-order chi connectivity index (χ0) is 13.4. The summed E-state index contributed by atoms with van der Waals surface area (Å²) in [6.45, 7) is 0.739. The standard InChI is InChI=1S/C10H12F2N2O4/c1-4-2-14(10(17)13-8(4)16)9-7(12)6(11)5(3-15)18-9/h2,5-7,9,15H,3H2,1H3,(H,13,16,17)/t5-,6?,7?,9-/m1/s1. The van der Waals surface area contributed by atoms with Crippen molar-refractivity contribution >= 4 is 0 Å². The lowest BCUT2D eigenvalue weighted by molar-refractivity contribution is -0.0437. The van der Waals surface area contributed by atoms with Crippen LogP contribution in [0.25, 0.3) is 0 Å². The van der Waals surface area contributed by atoms with Crippen molar-refractivity contribution in [1.29, 1.82) is 0 Å². The highest BCUT2D eigenvalue weighted by molar-refractivity contribution is 5.03. The maximum Gasteiger partial charge on any atom is 0.330 e. The van der Waals surface area contributed by atoms with Gasteiger partial charge in [0.15, 0.2) is 18.6 Å². The average molecular weight is 262 g/mol. The Bertz CT molecular complexity index is 556. The number of aliphatic hydroxyl groups is 1. The zero-order valence-corrected chi connectivity index (χ0v) is 9.47. The Labute approximate surface area is 99.8 Å². The van der Waals surface area contributed by atoms with Crippen LogP contribution in [0.4, 0.5) is 8.78 Å². The third-order valence-electron chi connectivity index (χ3n) is 2.85. The van der Waals surface area contributed by atoms with Gasteiger partial charge in [-0.3, -0.25) is 14.3 Å². The minimum atomic E-state index is -2.08. The first-order valence-electron chi connectivity index (χ1n) is 5.32. The van der Waals surface area contributed by atoms with Gasteiger partial charge < -0.3 is 9.84 Å². The summed E-state index contributed by atoms with van der Waals surface area (Å²) in [5, 5.41) is 8.81. The molecule has 1 aliphatic rings. The van der Waals surface area contributed by atoms with Crippen LogP contribution in [0.15, 0.2) is 15.8 Å². The maximum absolute atomic E-state index is 13.7. The molecule has 1 fully saturated rings. The topological polar surface area (TPSA) is 84.3 Å². The first-order chi connectivity index (χ1) is 8.45. The van der Waals surface area contributed by atoms with Crippen LogP contribution < -0.4 is 11.2 Å². The van der Waals surface area contributed by atoms with E-state index in [1.807, 2.05) is 4.98 Å². The molecule has 0 saturated carbocycles. The Kier molecular flexibility index (Phi) is 3.31. The SMILES string of the molecule is Cc1cn([C@@H]2O[C@H](CO)C(F)C2F)c(=O)[nH]c1=O.